The fourth-order valence-electron chi connectivity index (χ4n) is 3.54. The second kappa shape index (κ2) is 7.13. The summed E-state index contributed by atoms with van der Waals surface area (Å²) in [5.74, 6) is 0.143. The number of aromatic amines is 1. The summed E-state index contributed by atoms with van der Waals surface area (Å²) in [5.41, 5.74) is 5.30. The van der Waals surface area contributed by atoms with Crippen LogP contribution in [0.5, 0.6) is 0 Å². The molecule has 2 amide bonds. The van der Waals surface area contributed by atoms with Crippen LogP contribution in [0.1, 0.15) is 32.7 Å². The van der Waals surface area contributed by atoms with Gasteiger partial charge in [0.05, 0.1) is 6.42 Å². The molecule has 1 aromatic heterocycles. The summed E-state index contributed by atoms with van der Waals surface area (Å²) >= 11 is 0. The van der Waals surface area contributed by atoms with Gasteiger partial charge in [0.1, 0.15) is 5.69 Å². The summed E-state index contributed by atoms with van der Waals surface area (Å²) in [4.78, 5) is 31.6. The number of rotatable bonds is 3. The Morgan fingerprint density at radius 3 is 2.16 bits per heavy atom. The first-order valence-electron chi connectivity index (χ1n) is 8.73. The van der Waals surface area contributed by atoms with Gasteiger partial charge >= 0.3 is 0 Å². The molecule has 5 nitrogen and oxygen atoms in total. The van der Waals surface area contributed by atoms with E-state index < -0.39 is 0 Å². The molecule has 1 aliphatic heterocycles. The molecule has 0 spiro atoms. The third-order valence-electron chi connectivity index (χ3n) is 4.92. The van der Waals surface area contributed by atoms with E-state index in [0.717, 1.165) is 5.56 Å². The highest BCUT2D eigenvalue weighted by Gasteiger charge is 2.25. The number of amides is 2. The normalized spacial score (nSPS) is 14.7. The number of aromatic nitrogens is 1. The van der Waals surface area contributed by atoms with Crippen LogP contribution in [0, 0.1) is 20.8 Å². The number of benzene rings is 1. The van der Waals surface area contributed by atoms with Crippen molar-refractivity contribution in [2.45, 2.75) is 27.2 Å². The van der Waals surface area contributed by atoms with Crippen LogP contribution in [0.15, 0.2) is 30.5 Å². The lowest BCUT2D eigenvalue weighted by Crippen LogP contribution is -2.51. The van der Waals surface area contributed by atoms with E-state index in [0.29, 0.717) is 38.3 Å². The lowest BCUT2D eigenvalue weighted by atomic mass is 9.97. The van der Waals surface area contributed by atoms with Gasteiger partial charge in [0, 0.05) is 32.4 Å². The van der Waals surface area contributed by atoms with Crippen LogP contribution in [0.3, 0.4) is 0 Å². The maximum atomic E-state index is 12.7. The van der Waals surface area contributed by atoms with Gasteiger partial charge in [0.15, 0.2) is 0 Å². The molecule has 0 radical (unpaired) electrons. The summed E-state index contributed by atoms with van der Waals surface area (Å²) in [6, 6.07) is 7.85. The van der Waals surface area contributed by atoms with Crippen molar-refractivity contribution in [3.05, 3.63) is 58.4 Å². The van der Waals surface area contributed by atoms with Gasteiger partial charge in [-0.15, -0.1) is 0 Å². The fraction of sp³-hybridized carbons (Fsp3) is 0.400. The molecule has 5 heteroatoms. The standard InChI is InChI=1S/C20H25N3O2/c1-14-11-15(2)17(16(3)12-14)13-19(24)22-7-9-23(10-8-22)20(25)18-5-4-6-21-18/h4-6,11-12,21H,7-10,13H2,1-3H3. The van der Waals surface area contributed by atoms with Crippen molar-refractivity contribution in [3.8, 4) is 0 Å². The quantitative estimate of drug-likeness (QED) is 0.934. The number of hydrogen-bond donors (Lipinski definition) is 1. The van der Waals surface area contributed by atoms with E-state index in [1.807, 2.05) is 11.0 Å². The van der Waals surface area contributed by atoms with Crippen LogP contribution in [0.4, 0.5) is 0 Å². The van der Waals surface area contributed by atoms with E-state index in [2.05, 4.69) is 37.9 Å². The highest BCUT2D eigenvalue weighted by molar-refractivity contribution is 5.92. The van der Waals surface area contributed by atoms with Crippen molar-refractivity contribution in [1.29, 1.82) is 0 Å². The zero-order valence-corrected chi connectivity index (χ0v) is 15.1. The second-order valence-corrected chi connectivity index (χ2v) is 6.81. The molecular formula is C20H25N3O2. The number of carbonyl (C=O) groups is 2. The van der Waals surface area contributed by atoms with E-state index in [1.54, 1.807) is 17.2 Å². The monoisotopic (exact) mass is 339 g/mol. The predicted molar refractivity (Wildman–Crippen MR) is 97.6 cm³/mol. The number of H-pyrrole nitrogens is 1. The van der Waals surface area contributed by atoms with Crippen LogP contribution >= 0.6 is 0 Å². The van der Waals surface area contributed by atoms with Crippen LogP contribution in [0.2, 0.25) is 0 Å². The maximum Gasteiger partial charge on any atom is 0.270 e. The van der Waals surface area contributed by atoms with Gasteiger partial charge in [-0.2, -0.15) is 0 Å². The summed E-state index contributed by atoms with van der Waals surface area (Å²) in [6.45, 7) is 8.55. The second-order valence-electron chi connectivity index (χ2n) is 6.81. The predicted octanol–water partition coefficient (Wildman–Crippen LogP) is 2.47. The fourth-order valence-corrected chi connectivity index (χ4v) is 3.54. The van der Waals surface area contributed by atoms with E-state index in [1.165, 1.54) is 16.7 Å². The third-order valence-corrected chi connectivity index (χ3v) is 4.92. The van der Waals surface area contributed by atoms with Gasteiger partial charge in [0.2, 0.25) is 5.91 Å². The van der Waals surface area contributed by atoms with Crippen LogP contribution in [-0.4, -0.2) is 52.8 Å². The molecule has 1 saturated heterocycles. The van der Waals surface area contributed by atoms with E-state index in [9.17, 15) is 9.59 Å². The first kappa shape index (κ1) is 17.3. The molecule has 1 aromatic carbocycles. The Balaban J connectivity index is 1.60. The molecule has 0 unspecified atom stereocenters. The summed E-state index contributed by atoms with van der Waals surface area (Å²) in [5, 5.41) is 0. The average molecular weight is 339 g/mol. The van der Waals surface area contributed by atoms with Gasteiger partial charge in [-0.25, -0.2) is 0 Å². The first-order valence-corrected chi connectivity index (χ1v) is 8.73. The number of carbonyl (C=O) groups excluding carboxylic acids is 2. The molecule has 0 bridgehead atoms. The lowest BCUT2D eigenvalue weighted by molar-refractivity contribution is -0.131. The minimum absolute atomic E-state index is 0.00215. The Morgan fingerprint density at radius 1 is 1.00 bits per heavy atom. The molecule has 2 aromatic rings. The molecule has 0 atom stereocenters. The summed E-state index contributed by atoms with van der Waals surface area (Å²) in [7, 11) is 0. The van der Waals surface area contributed by atoms with Gasteiger partial charge in [0.25, 0.3) is 5.91 Å². The largest absolute Gasteiger partial charge is 0.357 e. The van der Waals surface area contributed by atoms with E-state index in [-0.39, 0.29) is 11.8 Å². The minimum Gasteiger partial charge on any atom is -0.357 e. The Morgan fingerprint density at radius 2 is 1.60 bits per heavy atom. The van der Waals surface area contributed by atoms with Crippen molar-refractivity contribution < 1.29 is 9.59 Å². The molecule has 3 rings (SSSR count). The Bertz CT molecular complexity index is 749. The molecular weight excluding hydrogens is 314 g/mol. The lowest BCUT2D eigenvalue weighted by Gasteiger charge is -2.34. The Labute approximate surface area is 148 Å². The maximum absolute atomic E-state index is 12.7. The molecule has 0 aliphatic carbocycles. The van der Waals surface area contributed by atoms with E-state index in [4.69, 9.17) is 0 Å². The first-order chi connectivity index (χ1) is 12.0. The zero-order chi connectivity index (χ0) is 18.0. The molecule has 0 saturated carbocycles. The van der Waals surface area contributed by atoms with Crippen molar-refractivity contribution in [2.75, 3.05) is 26.2 Å². The van der Waals surface area contributed by atoms with Crippen molar-refractivity contribution in [2.24, 2.45) is 0 Å². The minimum atomic E-state index is 0.00215. The summed E-state index contributed by atoms with van der Waals surface area (Å²) in [6.07, 6.45) is 2.18. The highest BCUT2D eigenvalue weighted by Crippen LogP contribution is 2.18. The number of nitrogens with zero attached hydrogens (tertiary/aromatic N) is 2. The molecule has 25 heavy (non-hydrogen) atoms. The Kier molecular flexibility index (Phi) is 4.93. The molecule has 132 valence electrons. The third kappa shape index (κ3) is 3.76. The van der Waals surface area contributed by atoms with Crippen molar-refractivity contribution >= 4 is 11.8 Å². The average Bonchev–Trinajstić information content (AvgIpc) is 3.12. The Hall–Kier alpha value is -2.56. The smallest absolute Gasteiger partial charge is 0.270 e. The molecule has 1 aliphatic rings. The van der Waals surface area contributed by atoms with Crippen molar-refractivity contribution in [1.82, 2.24) is 14.8 Å². The number of hydrogen-bond acceptors (Lipinski definition) is 2. The van der Waals surface area contributed by atoms with Crippen LogP contribution in [-0.2, 0) is 11.2 Å². The molecule has 1 N–H and O–H groups in total. The van der Waals surface area contributed by atoms with Crippen molar-refractivity contribution in [3.63, 3.8) is 0 Å². The highest BCUT2D eigenvalue weighted by atomic mass is 16.2. The SMILES string of the molecule is Cc1cc(C)c(CC(=O)N2CCN(C(=O)c3ccc[nH]3)CC2)c(C)c1. The number of aryl methyl sites for hydroxylation is 3. The number of nitrogens with one attached hydrogen (secondary N) is 1. The van der Waals surface area contributed by atoms with Gasteiger partial charge in [-0.3, -0.25) is 9.59 Å². The molecule has 2 heterocycles. The topological polar surface area (TPSA) is 56.4 Å². The number of piperazine rings is 1. The summed E-state index contributed by atoms with van der Waals surface area (Å²) < 4.78 is 0. The van der Waals surface area contributed by atoms with Gasteiger partial charge in [-0.05, 0) is 49.6 Å². The van der Waals surface area contributed by atoms with Gasteiger partial charge < -0.3 is 14.8 Å². The van der Waals surface area contributed by atoms with Gasteiger partial charge in [-0.1, -0.05) is 17.7 Å². The molecule has 1 fully saturated rings. The van der Waals surface area contributed by atoms with Crippen LogP contribution < -0.4 is 0 Å². The van der Waals surface area contributed by atoms with Crippen LogP contribution in [0.25, 0.3) is 0 Å². The zero-order valence-electron chi connectivity index (χ0n) is 15.1. The van der Waals surface area contributed by atoms with E-state index >= 15 is 0 Å².